The third-order valence-corrected chi connectivity index (χ3v) is 7.05. The molecule has 2 aromatic heterocycles. The van der Waals surface area contributed by atoms with Crippen molar-refractivity contribution in [2.75, 3.05) is 11.4 Å². The average Bonchev–Trinajstić information content (AvgIpc) is 3.25. The lowest BCUT2D eigenvalue weighted by atomic mass is 9.99. The van der Waals surface area contributed by atoms with E-state index in [1.807, 2.05) is 23.6 Å². The van der Waals surface area contributed by atoms with Crippen LogP contribution >= 0.6 is 11.3 Å². The summed E-state index contributed by atoms with van der Waals surface area (Å²) in [6, 6.07) is 16.3. The van der Waals surface area contributed by atoms with Crippen molar-refractivity contribution in [3.8, 4) is 11.1 Å². The van der Waals surface area contributed by atoms with Crippen molar-refractivity contribution in [1.29, 1.82) is 0 Å². The number of aryl methyl sites for hydroxylation is 1. The van der Waals surface area contributed by atoms with E-state index in [0.29, 0.717) is 22.7 Å². The van der Waals surface area contributed by atoms with Crippen LogP contribution in [0.1, 0.15) is 37.3 Å². The number of nitrogens with zero attached hydrogens (tertiary/aromatic N) is 3. The Morgan fingerprint density at radius 1 is 1.12 bits per heavy atom. The number of hydrogen-bond acceptors (Lipinski definition) is 4. The van der Waals surface area contributed by atoms with Gasteiger partial charge in [0.25, 0.3) is 5.56 Å². The Hall–Kier alpha value is -3.25. The van der Waals surface area contributed by atoms with Crippen LogP contribution < -0.4 is 10.5 Å². The molecule has 5 rings (SSSR count). The van der Waals surface area contributed by atoms with Gasteiger partial charge in [0.05, 0.1) is 11.7 Å². The van der Waals surface area contributed by atoms with E-state index in [9.17, 15) is 9.59 Å². The molecule has 162 valence electrons. The van der Waals surface area contributed by atoms with E-state index >= 15 is 0 Å². The van der Waals surface area contributed by atoms with Crippen molar-refractivity contribution in [1.82, 2.24) is 9.55 Å². The SMILES string of the molecule is CC(C)c1ccc(-c2csc3ncn(CC(=O)N4CCCc5ccccc54)c(=O)c23)cc1. The van der Waals surface area contributed by atoms with Gasteiger partial charge in [0.15, 0.2) is 0 Å². The van der Waals surface area contributed by atoms with Gasteiger partial charge in [-0.15, -0.1) is 11.3 Å². The van der Waals surface area contributed by atoms with Crippen LogP contribution in [-0.2, 0) is 17.8 Å². The summed E-state index contributed by atoms with van der Waals surface area (Å²) in [5.74, 6) is 0.367. The Morgan fingerprint density at radius 3 is 2.69 bits per heavy atom. The molecule has 0 fully saturated rings. The number of thiophene rings is 1. The fourth-order valence-corrected chi connectivity index (χ4v) is 5.27. The second-order valence-electron chi connectivity index (χ2n) is 8.56. The molecule has 3 heterocycles. The van der Waals surface area contributed by atoms with Crippen LogP contribution in [0.4, 0.5) is 5.69 Å². The van der Waals surface area contributed by atoms with Crippen LogP contribution in [-0.4, -0.2) is 22.0 Å². The fraction of sp³-hybridized carbons (Fsp3) is 0.269. The number of carbonyl (C=O) groups excluding carboxylic acids is 1. The zero-order valence-electron chi connectivity index (χ0n) is 18.2. The number of para-hydroxylation sites is 1. The van der Waals surface area contributed by atoms with E-state index in [0.717, 1.165) is 29.7 Å². The van der Waals surface area contributed by atoms with Gasteiger partial charge >= 0.3 is 0 Å². The quantitative estimate of drug-likeness (QED) is 0.434. The molecule has 1 aliphatic rings. The molecule has 0 aliphatic carbocycles. The second-order valence-corrected chi connectivity index (χ2v) is 9.42. The maximum atomic E-state index is 13.4. The molecule has 4 aromatic rings. The van der Waals surface area contributed by atoms with Crippen LogP contribution in [0.3, 0.4) is 0 Å². The minimum atomic E-state index is -0.169. The summed E-state index contributed by atoms with van der Waals surface area (Å²) >= 11 is 1.46. The molecule has 0 radical (unpaired) electrons. The molecular formula is C26H25N3O2S. The van der Waals surface area contributed by atoms with Crippen molar-refractivity contribution in [2.24, 2.45) is 0 Å². The second kappa shape index (κ2) is 8.36. The van der Waals surface area contributed by atoms with Gasteiger partial charge in [-0.3, -0.25) is 14.2 Å². The summed E-state index contributed by atoms with van der Waals surface area (Å²) in [5, 5.41) is 2.57. The van der Waals surface area contributed by atoms with E-state index in [-0.39, 0.29) is 18.0 Å². The Bertz CT molecular complexity index is 1350. The molecule has 0 N–H and O–H groups in total. The first-order chi connectivity index (χ1) is 15.5. The Balaban J connectivity index is 1.49. The first-order valence-corrected chi connectivity index (χ1v) is 11.9. The maximum Gasteiger partial charge on any atom is 0.263 e. The molecular weight excluding hydrogens is 418 g/mol. The van der Waals surface area contributed by atoms with Crippen molar-refractivity contribution in [3.05, 3.63) is 81.7 Å². The molecule has 0 unspecified atom stereocenters. The minimum absolute atomic E-state index is 0.0162. The van der Waals surface area contributed by atoms with Crippen LogP contribution in [0.15, 0.2) is 65.0 Å². The van der Waals surface area contributed by atoms with E-state index in [1.54, 1.807) is 4.90 Å². The van der Waals surface area contributed by atoms with Crippen LogP contribution in [0.25, 0.3) is 21.3 Å². The van der Waals surface area contributed by atoms with Crippen LogP contribution in [0.5, 0.6) is 0 Å². The first-order valence-electron chi connectivity index (χ1n) is 11.0. The largest absolute Gasteiger partial charge is 0.311 e. The molecule has 1 aliphatic heterocycles. The van der Waals surface area contributed by atoms with Crippen LogP contribution in [0, 0.1) is 0 Å². The fourth-order valence-electron chi connectivity index (χ4n) is 4.36. The number of benzene rings is 2. The number of hydrogen-bond donors (Lipinski definition) is 0. The molecule has 32 heavy (non-hydrogen) atoms. The maximum absolute atomic E-state index is 13.4. The summed E-state index contributed by atoms with van der Waals surface area (Å²) in [6.45, 7) is 4.98. The summed E-state index contributed by atoms with van der Waals surface area (Å²) in [4.78, 5) is 33.5. The van der Waals surface area contributed by atoms with E-state index < -0.39 is 0 Å². The Morgan fingerprint density at radius 2 is 1.91 bits per heavy atom. The lowest BCUT2D eigenvalue weighted by molar-refractivity contribution is -0.119. The average molecular weight is 444 g/mol. The molecule has 0 atom stereocenters. The zero-order valence-corrected chi connectivity index (χ0v) is 19.1. The predicted octanol–water partition coefficient (Wildman–Crippen LogP) is 5.23. The van der Waals surface area contributed by atoms with E-state index in [2.05, 4.69) is 49.2 Å². The van der Waals surface area contributed by atoms with Crippen molar-refractivity contribution in [3.63, 3.8) is 0 Å². The number of amides is 1. The number of carbonyl (C=O) groups is 1. The standard InChI is InChI=1S/C26H25N3O2S/c1-17(2)18-9-11-19(12-10-18)21-15-32-25-24(21)26(31)28(16-27-25)14-23(30)29-13-5-7-20-6-3-4-8-22(20)29/h3-4,6,8-12,15-17H,5,7,13-14H2,1-2H3. The summed E-state index contributed by atoms with van der Waals surface area (Å²) in [6.07, 6.45) is 3.40. The van der Waals surface area contributed by atoms with E-state index in [1.165, 1.54) is 33.4 Å². The third kappa shape index (κ3) is 3.65. The number of rotatable bonds is 4. The highest BCUT2D eigenvalue weighted by molar-refractivity contribution is 7.17. The van der Waals surface area contributed by atoms with Gasteiger partial charge in [-0.1, -0.05) is 56.3 Å². The normalized spacial score (nSPS) is 13.5. The monoisotopic (exact) mass is 443 g/mol. The summed E-state index contributed by atoms with van der Waals surface area (Å²) < 4.78 is 1.45. The molecule has 5 nitrogen and oxygen atoms in total. The smallest absolute Gasteiger partial charge is 0.263 e. The molecule has 0 spiro atoms. The van der Waals surface area contributed by atoms with Gasteiger partial charge in [0.1, 0.15) is 11.4 Å². The topological polar surface area (TPSA) is 55.2 Å². The van der Waals surface area contributed by atoms with Gasteiger partial charge in [-0.25, -0.2) is 4.98 Å². The van der Waals surface area contributed by atoms with Gasteiger partial charge in [-0.05, 0) is 41.5 Å². The molecule has 1 amide bonds. The van der Waals surface area contributed by atoms with Gasteiger partial charge in [0, 0.05) is 23.2 Å². The Kier molecular flexibility index (Phi) is 5.39. The molecule has 2 aromatic carbocycles. The lowest BCUT2D eigenvalue weighted by Gasteiger charge is -2.29. The first kappa shape index (κ1) is 20.6. The van der Waals surface area contributed by atoms with Crippen molar-refractivity contribution >= 4 is 33.1 Å². The molecule has 0 bridgehead atoms. The highest BCUT2D eigenvalue weighted by Crippen LogP contribution is 2.32. The minimum Gasteiger partial charge on any atom is -0.311 e. The molecule has 0 saturated heterocycles. The highest BCUT2D eigenvalue weighted by atomic mass is 32.1. The number of aromatic nitrogens is 2. The zero-order chi connectivity index (χ0) is 22.2. The van der Waals surface area contributed by atoms with Crippen molar-refractivity contribution < 1.29 is 4.79 Å². The molecule has 0 saturated carbocycles. The van der Waals surface area contributed by atoms with Gasteiger partial charge in [0.2, 0.25) is 5.91 Å². The number of fused-ring (bicyclic) bond motifs is 2. The molecule has 6 heteroatoms. The van der Waals surface area contributed by atoms with Crippen LogP contribution in [0.2, 0.25) is 0 Å². The van der Waals surface area contributed by atoms with Gasteiger partial charge < -0.3 is 4.90 Å². The highest BCUT2D eigenvalue weighted by Gasteiger charge is 2.23. The summed E-state index contributed by atoms with van der Waals surface area (Å²) in [7, 11) is 0. The lowest BCUT2D eigenvalue weighted by Crippen LogP contribution is -2.39. The van der Waals surface area contributed by atoms with E-state index in [4.69, 9.17) is 0 Å². The summed E-state index contributed by atoms with van der Waals surface area (Å²) in [5.41, 5.74) is 5.09. The Labute approximate surface area is 191 Å². The third-order valence-electron chi connectivity index (χ3n) is 6.17. The number of anilines is 1. The van der Waals surface area contributed by atoms with Crippen molar-refractivity contribution in [2.45, 2.75) is 39.2 Å². The van der Waals surface area contributed by atoms with Gasteiger partial charge in [-0.2, -0.15) is 0 Å². The predicted molar refractivity (Wildman–Crippen MR) is 131 cm³/mol.